The van der Waals surface area contributed by atoms with Crippen LogP contribution >= 0.6 is 11.8 Å². The first-order valence-electron chi connectivity index (χ1n) is 5.36. The Hall–Kier alpha value is -1.17. The second kappa shape index (κ2) is 4.19. The maximum atomic E-state index is 12.9. The number of hydrogen-bond donors (Lipinski definition) is 1. The van der Waals surface area contributed by atoms with E-state index in [1.165, 1.54) is 12.1 Å². The van der Waals surface area contributed by atoms with Crippen molar-refractivity contribution in [2.24, 2.45) is 5.41 Å². The molecule has 0 radical (unpaired) electrons. The van der Waals surface area contributed by atoms with Crippen LogP contribution in [0, 0.1) is 5.41 Å². The second-order valence-corrected chi connectivity index (χ2v) is 5.79. The first-order valence-corrected chi connectivity index (χ1v) is 6.35. The summed E-state index contributed by atoms with van der Waals surface area (Å²) in [6.07, 6.45) is -4.41. The largest absolute Gasteiger partial charge is 0.417 e. The standard InChI is InChI=1S/C12H12F3NOS/c1-11(2)6-18-9-7(12(13,14)15)4-3-5-8(9)16-10(11)17/h3-5H,6H2,1-2H3,(H,16,17). The minimum absolute atomic E-state index is 0.101. The van der Waals surface area contributed by atoms with Gasteiger partial charge in [0.05, 0.1) is 16.7 Å². The van der Waals surface area contributed by atoms with Crippen LogP contribution < -0.4 is 5.32 Å². The molecule has 98 valence electrons. The lowest BCUT2D eigenvalue weighted by molar-refractivity contribution is -0.139. The molecule has 18 heavy (non-hydrogen) atoms. The van der Waals surface area contributed by atoms with E-state index in [4.69, 9.17) is 0 Å². The lowest BCUT2D eigenvalue weighted by atomic mass is 9.95. The molecule has 1 aromatic rings. The number of carbonyl (C=O) groups is 1. The van der Waals surface area contributed by atoms with E-state index in [1.54, 1.807) is 13.8 Å². The fraction of sp³-hybridized carbons (Fsp3) is 0.417. The number of carbonyl (C=O) groups excluding carboxylic acids is 1. The van der Waals surface area contributed by atoms with E-state index in [9.17, 15) is 18.0 Å². The van der Waals surface area contributed by atoms with E-state index in [0.717, 1.165) is 17.8 Å². The molecule has 1 amide bonds. The second-order valence-electron chi connectivity index (χ2n) is 4.81. The molecule has 0 fully saturated rings. The van der Waals surface area contributed by atoms with Crippen molar-refractivity contribution in [1.82, 2.24) is 0 Å². The molecule has 0 aromatic heterocycles. The van der Waals surface area contributed by atoms with Crippen LogP contribution in [0.1, 0.15) is 19.4 Å². The molecule has 0 aliphatic carbocycles. The normalized spacial score (nSPS) is 18.8. The Morgan fingerprint density at radius 1 is 1.33 bits per heavy atom. The van der Waals surface area contributed by atoms with Crippen molar-refractivity contribution in [3.63, 3.8) is 0 Å². The van der Waals surface area contributed by atoms with Crippen molar-refractivity contribution in [3.05, 3.63) is 23.8 Å². The van der Waals surface area contributed by atoms with Gasteiger partial charge in [-0.3, -0.25) is 4.79 Å². The highest BCUT2D eigenvalue weighted by Gasteiger charge is 2.38. The van der Waals surface area contributed by atoms with E-state index in [0.29, 0.717) is 5.75 Å². The molecule has 1 heterocycles. The zero-order chi connectivity index (χ0) is 13.6. The quantitative estimate of drug-likeness (QED) is 0.780. The molecule has 1 aliphatic rings. The SMILES string of the molecule is CC1(C)CSc2c(cccc2C(F)(F)F)NC1=O. The van der Waals surface area contributed by atoms with Crippen LogP contribution in [-0.4, -0.2) is 11.7 Å². The number of thioether (sulfide) groups is 1. The summed E-state index contributed by atoms with van der Waals surface area (Å²) in [5, 5.41) is 2.57. The van der Waals surface area contributed by atoms with Crippen LogP contribution in [-0.2, 0) is 11.0 Å². The van der Waals surface area contributed by atoms with Gasteiger partial charge >= 0.3 is 6.18 Å². The summed E-state index contributed by atoms with van der Waals surface area (Å²) in [6.45, 7) is 3.43. The van der Waals surface area contributed by atoms with E-state index in [-0.39, 0.29) is 16.5 Å². The number of anilines is 1. The van der Waals surface area contributed by atoms with Crippen molar-refractivity contribution < 1.29 is 18.0 Å². The Morgan fingerprint density at radius 3 is 2.61 bits per heavy atom. The molecule has 1 aromatic carbocycles. The summed E-state index contributed by atoms with van der Waals surface area (Å²) in [5.74, 6) is 0.0620. The van der Waals surface area contributed by atoms with Gasteiger partial charge in [0.2, 0.25) is 5.91 Å². The van der Waals surface area contributed by atoms with Crippen LogP contribution in [0.25, 0.3) is 0 Å². The summed E-state index contributed by atoms with van der Waals surface area (Å²) in [6, 6.07) is 3.84. The number of fused-ring (bicyclic) bond motifs is 1. The summed E-state index contributed by atoms with van der Waals surface area (Å²) in [4.78, 5) is 12.0. The van der Waals surface area contributed by atoms with Gasteiger partial charge in [0.15, 0.2) is 0 Å². The molecule has 1 aliphatic heterocycles. The molecule has 0 atom stereocenters. The highest BCUT2D eigenvalue weighted by atomic mass is 32.2. The van der Waals surface area contributed by atoms with Crippen LogP contribution in [0.2, 0.25) is 0 Å². The molecule has 2 nitrogen and oxygen atoms in total. The maximum absolute atomic E-state index is 12.9. The smallest absolute Gasteiger partial charge is 0.325 e. The third-order valence-electron chi connectivity index (χ3n) is 2.76. The third-order valence-corrected chi connectivity index (χ3v) is 4.36. The molecule has 1 N–H and O–H groups in total. The molecular formula is C12H12F3NOS. The van der Waals surface area contributed by atoms with Gasteiger partial charge in [0.1, 0.15) is 0 Å². The van der Waals surface area contributed by atoms with Gasteiger partial charge in [-0.05, 0) is 12.1 Å². The van der Waals surface area contributed by atoms with Crippen LogP contribution in [0.15, 0.2) is 23.1 Å². The highest BCUT2D eigenvalue weighted by molar-refractivity contribution is 7.99. The average molecular weight is 275 g/mol. The lowest BCUT2D eigenvalue weighted by Gasteiger charge is -2.18. The number of alkyl halides is 3. The Labute approximate surface area is 107 Å². The summed E-state index contributed by atoms with van der Waals surface area (Å²) >= 11 is 1.07. The Morgan fingerprint density at radius 2 is 2.00 bits per heavy atom. The lowest BCUT2D eigenvalue weighted by Crippen LogP contribution is -2.31. The van der Waals surface area contributed by atoms with Gasteiger partial charge in [0.25, 0.3) is 0 Å². The fourth-order valence-corrected chi connectivity index (χ4v) is 2.87. The van der Waals surface area contributed by atoms with E-state index >= 15 is 0 Å². The summed E-state index contributed by atoms with van der Waals surface area (Å²) in [7, 11) is 0. The molecule has 0 unspecified atom stereocenters. The molecule has 0 saturated carbocycles. The average Bonchev–Trinajstić information content (AvgIpc) is 2.35. The van der Waals surface area contributed by atoms with Gasteiger partial charge in [-0.2, -0.15) is 13.2 Å². The monoisotopic (exact) mass is 275 g/mol. The van der Waals surface area contributed by atoms with Crippen LogP contribution in [0.3, 0.4) is 0 Å². The predicted molar refractivity (Wildman–Crippen MR) is 64.6 cm³/mol. The first-order chi connectivity index (χ1) is 8.22. The van der Waals surface area contributed by atoms with Crippen molar-refractivity contribution >= 4 is 23.4 Å². The number of halogens is 3. The molecule has 0 spiro atoms. The number of rotatable bonds is 0. The molecule has 0 saturated heterocycles. The van der Waals surface area contributed by atoms with Crippen LogP contribution in [0.5, 0.6) is 0 Å². The third kappa shape index (κ3) is 2.34. The topological polar surface area (TPSA) is 29.1 Å². The molecule has 2 rings (SSSR count). The fourth-order valence-electron chi connectivity index (χ4n) is 1.62. The van der Waals surface area contributed by atoms with Crippen molar-refractivity contribution in [1.29, 1.82) is 0 Å². The maximum Gasteiger partial charge on any atom is 0.417 e. The minimum Gasteiger partial charge on any atom is -0.325 e. The predicted octanol–water partition coefficient (Wildman–Crippen LogP) is 3.78. The van der Waals surface area contributed by atoms with Crippen molar-refractivity contribution in [2.45, 2.75) is 24.9 Å². The number of nitrogens with one attached hydrogen (secondary N) is 1. The Balaban J connectivity index is 2.51. The van der Waals surface area contributed by atoms with Gasteiger partial charge in [-0.1, -0.05) is 19.9 Å². The summed E-state index contributed by atoms with van der Waals surface area (Å²) < 4.78 is 38.6. The highest BCUT2D eigenvalue weighted by Crippen LogP contribution is 2.44. The van der Waals surface area contributed by atoms with E-state index < -0.39 is 17.2 Å². The molecular weight excluding hydrogens is 263 g/mol. The number of benzene rings is 1. The molecule has 6 heteroatoms. The van der Waals surface area contributed by atoms with Gasteiger partial charge in [-0.15, -0.1) is 11.8 Å². The van der Waals surface area contributed by atoms with E-state index in [2.05, 4.69) is 5.32 Å². The number of amides is 1. The van der Waals surface area contributed by atoms with Gasteiger partial charge < -0.3 is 5.32 Å². The first kappa shape index (κ1) is 13.3. The van der Waals surface area contributed by atoms with Crippen LogP contribution in [0.4, 0.5) is 18.9 Å². The summed E-state index contributed by atoms with van der Waals surface area (Å²) in [5.41, 5.74) is -1.14. The Kier molecular flexibility index (Phi) is 3.09. The van der Waals surface area contributed by atoms with Gasteiger partial charge in [0, 0.05) is 10.6 Å². The van der Waals surface area contributed by atoms with E-state index in [1.807, 2.05) is 0 Å². The zero-order valence-electron chi connectivity index (χ0n) is 9.89. The van der Waals surface area contributed by atoms with Crippen molar-refractivity contribution in [3.8, 4) is 0 Å². The minimum atomic E-state index is -4.41. The van der Waals surface area contributed by atoms with Crippen molar-refractivity contribution in [2.75, 3.05) is 11.1 Å². The molecule has 0 bridgehead atoms. The number of hydrogen-bond acceptors (Lipinski definition) is 2. The Bertz CT molecular complexity index is 497. The zero-order valence-corrected chi connectivity index (χ0v) is 10.7. The van der Waals surface area contributed by atoms with Gasteiger partial charge in [-0.25, -0.2) is 0 Å².